The topological polar surface area (TPSA) is 87.4 Å². The van der Waals surface area contributed by atoms with Gasteiger partial charge in [0.15, 0.2) is 0 Å². The summed E-state index contributed by atoms with van der Waals surface area (Å²) in [5.41, 5.74) is 2.86. The van der Waals surface area contributed by atoms with Crippen molar-refractivity contribution in [3.8, 4) is 0 Å². The molecule has 2 heterocycles. The summed E-state index contributed by atoms with van der Waals surface area (Å²) in [5, 5.41) is 12.7. The number of nitrogens with one attached hydrogen (secondary N) is 1. The van der Waals surface area contributed by atoms with Crippen LogP contribution < -0.4 is 5.43 Å². The monoisotopic (exact) mass is 238 g/mol. The summed E-state index contributed by atoms with van der Waals surface area (Å²) in [4.78, 5) is 20.0. The normalized spacial score (nSPS) is 17.9. The minimum atomic E-state index is -0.488. The zero-order valence-corrected chi connectivity index (χ0v) is 9.54. The van der Waals surface area contributed by atoms with Crippen LogP contribution in [0.3, 0.4) is 0 Å². The number of aromatic nitrogens is 2. The molecule has 0 saturated carbocycles. The van der Waals surface area contributed by atoms with Crippen LogP contribution in [0, 0.1) is 10.1 Å². The van der Waals surface area contributed by atoms with Gasteiger partial charge in [0, 0.05) is 26.2 Å². The molecule has 0 aliphatic carbocycles. The molecule has 1 aliphatic heterocycles. The van der Waals surface area contributed by atoms with Crippen molar-refractivity contribution in [3.63, 3.8) is 0 Å². The van der Waals surface area contributed by atoms with Gasteiger partial charge in [-0.3, -0.25) is 15.5 Å². The van der Waals surface area contributed by atoms with Crippen molar-refractivity contribution in [2.24, 2.45) is 0 Å². The summed E-state index contributed by atoms with van der Waals surface area (Å²) >= 11 is 0. The number of hydrogen-bond donors (Lipinski definition) is 1. The first kappa shape index (κ1) is 11.7. The van der Waals surface area contributed by atoms with Crippen molar-refractivity contribution in [3.05, 3.63) is 22.6 Å². The quantitative estimate of drug-likeness (QED) is 0.584. The molecule has 8 nitrogen and oxygen atoms in total. The van der Waals surface area contributed by atoms with Crippen LogP contribution >= 0.6 is 0 Å². The van der Waals surface area contributed by atoms with Crippen molar-refractivity contribution < 1.29 is 4.92 Å². The summed E-state index contributed by atoms with van der Waals surface area (Å²) in [6.07, 6.45) is 2.50. The summed E-state index contributed by atoms with van der Waals surface area (Å²) in [5.74, 6) is 0.245. The summed E-state index contributed by atoms with van der Waals surface area (Å²) < 4.78 is 0. The van der Waals surface area contributed by atoms with Crippen LogP contribution in [0.2, 0.25) is 0 Å². The van der Waals surface area contributed by atoms with Gasteiger partial charge in [0.25, 0.3) is 0 Å². The Hall–Kier alpha value is -1.80. The molecule has 0 unspecified atom stereocenters. The third-order valence-electron chi connectivity index (χ3n) is 2.66. The van der Waals surface area contributed by atoms with Gasteiger partial charge in [0.2, 0.25) is 5.82 Å². The number of hydrogen-bond acceptors (Lipinski definition) is 7. The molecule has 1 fully saturated rings. The molecule has 0 amide bonds. The molecule has 0 radical (unpaired) electrons. The van der Waals surface area contributed by atoms with Crippen LogP contribution in [0.5, 0.6) is 0 Å². The Morgan fingerprint density at radius 2 is 2.12 bits per heavy atom. The van der Waals surface area contributed by atoms with E-state index in [1.165, 1.54) is 12.5 Å². The van der Waals surface area contributed by atoms with Crippen molar-refractivity contribution in [2.45, 2.75) is 0 Å². The molecule has 0 spiro atoms. The first-order chi connectivity index (χ1) is 8.16. The van der Waals surface area contributed by atoms with Gasteiger partial charge in [0.1, 0.15) is 12.5 Å². The number of piperazine rings is 1. The van der Waals surface area contributed by atoms with E-state index in [4.69, 9.17) is 0 Å². The number of anilines is 1. The minimum absolute atomic E-state index is 0.105. The average molecular weight is 238 g/mol. The smallest absolute Gasteiger partial charge is 0.304 e. The van der Waals surface area contributed by atoms with E-state index < -0.39 is 4.92 Å². The van der Waals surface area contributed by atoms with Crippen LogP contribution in [0.25, 0.3) is 0 Å². The zero-order valence-electron chi connectivity index (χ0n) is 9.54. The van der Waals surface area contributed by atoms with E-state index in [2.05, 4.69) is 20.3 Å². The van der Waals surface area contributed by atoms with Gasteiger partial charge in [-0.05, 0) is 7.05 Å². The van der Waals surface area contributed by atoms with Crippen LogP contribution in [-0.2, 0) is 0 Å². The highest BCUT2D eigenvalue weighted by Crippen LogP contribution is 2.19. The van der Waals surface area contributed by atoms with Crippen LogP contribution in [-0.4, -0.2) is 58.0 Å². The molecule has 17 heavy (non-hydrogen) atoms. The maximum atomic E-state index is 10.8. The highest BCUT2D eigenvalue weighted by atomic mass is 16.6. The minimum Gasteiger partial charge on any atom is -0.304 e. The van der Waals surface area contributed by atoms with Gasteiger partial charge in [-0.15, -0.1) is 0 Å². The molecule has 0 atom stereocenters. The second-order valence-corrected chi connectivity index (χ2v) is 3.92. The molecule has 1 aromatic rings. The van der Waals surface area contributed by atoms with Crippen molar-refractivity contribution >= 4 is 11.5 Å². The molecule has 1 aromatic heterocycles. The third kappa shape index (κ3) is 2.86. The van der Waals surface area contributed by atoms with Gasteiger partial charge in [-0.1, -0.05) is 0 Å². The van der Waals surface area contributed by atoms with Gasteiger partial charge in [-0.25, -0.2) is 15.0 Å². The molecular formula is C9H14N6O2. The molecule has 0 aromatic carbocycles. The van der Waals surface area contributed by atoms with Crippen molar-refractivity contribution in [1.82, 2.24) is 19.9 Å². The maximum absolute atomic E-state index is 10.8. The SMILES string of the molecule is CN1CCN(Nc2ncncc2[N+](=O)[O-])CC1. The molecule has 1 N–H and O–H groups in total. The Morgan fingerprint density at radius 3 is 2.76 bits per heavy atom. The lowest BCUT2D eigenvalue weighted by Gasteiger charge is -2.32. The first-order valence-electron chi connectivity index (χ1n) is 5.31. The second-order valence-electron chi connectivity index (χ2n) is 3.92. The Bertz CT molecular complexity index is 404. The van der Waals surface area contributed by atoms with Crippen LogP contribution in [0.1, 0.15) is 0 Å². The van der Waals surface area contributed by atoms with Gasteiger partial charge in [-0.2, -0.15) is 0 Å². The number of nitrogens with zero attached hydrogens (tertiary/aromatic N) is 5. The summed E-state index contributed by atoms with van der Waals surface area (Å²) in [7, 11) is 2.05. The van der Waals surface area contributed by atoms with Crippen molar-refractivity contribution in [1.29, 1.82) is 0 Å². The van der Waals surface area contributed by atoms with Gasteiger partial charge < -0.3 is 4.90 Å². The molecular weight excluding hydrogens is 224 g/mol. The van der Waals surface area contributed by atoms with Gasteiger partial charge >= 0.3 is 5.69 Å². The number of nitro groups is 1. The number of rotatable bonds is 3. The number of hydrazine groups is 1. The second kappa shape index (κ2) is 5.02. The Morgan fingerprint density at radius 1 is 1.41 bits per heavy atom. The summed E-state index contributed by atoms with van der Waals surface area (Å²) in [6, 6.07) is 0. The van der Waals surface area contributed by atoms with E-state index in [9.17, 15) is 10.1 Å². The fraction of sp³-hybridized carbons (Fsp3) is 0.556. The van der Waals surface area contributed by atoms with Crippen LogP contribution in [0.15, 0.2) is 12.5 Å². The lowest BCUT2D eigenvalue weighted by atomic mass is 10.4. The largest absolute Gasteiger partial charge is 0.330 e. The standard InChI is InChI=1S/C9H14N6O2/c1-13-2-4-14(5-3-13)12-9-8(15(16)17)6-10-7-11-9/h6-7H,2-5H2,1H3,(H,10,11,12). The molecule has 8 heteroatoms. The average Bonchev–Trinajstić information content (AvgIpc) is 2.32. The lowest BCUT2D eigenvalue weighted by molar-refractivity contribution is -0.384. The highest BCUT2D eigenvalue weighted by molar-refractivity contribution is 5.52. The van der Waals surface area contributed by atoms with E-state index >= 15 is 0 Å². The molecule has 2 rings (SSSR count). The zero-order chi connectivity index (χ0) is 12.3. The first-order valence-corrected chi connectivity index (χ1v) is 5.31. The van der Waals surface area contributed by atoms with Crippen LogP contribution in [0.4, 0.5) is 11.5 Å². The Labute approximate surface area is 98.4 Å². The predicted molar refractivity (Wildman–Crippen MR) is 61.4 cm³/mol. The summed E-state index contributed by atoms with van der Waals surface area (Å²) in [6.45, 7) is 3.45. The van der Waals surface area contributed by atoms with E-state index in [1.54, 1.807) is 0 Å². The Balaban J connectivity index is 2.05. The third-order valence-corrected chi connectivity index (χ3v) is 2.66. The van der Waals surface area contributed by atoms with Crippen molar-refractivity contribution in [2.75, 3.05) is 38.7 Å². The van der Waals surface area contributed by atoms with E-state index in [-0.39, 0.29) is 11.5 Å². The lowest BCUT2D eigenvalue weighted by Crippen LogP contribution is -2.47. The predicted octanol–water partition coefficient (Wildman–Crippen LogP) is -0.0409. The maximum Gasteiger partial charge on any atom is 0.330 e. The molecule has 1 aliphatic rings. The van der Waals surface area contributed by atoms with E-state index in [0.717, 1.165) is 26.2 Å². The fourth-order valence-electron chi connectivity index (χ4n) is 1.61. The fourth-order valence-corrected chi connectivity index (χ4v) is 1.61. The van der Waals surface area contributed by atoms with E-state index in [1.807, 2.05) is 12.1 Å². The molecule has 92 valence electrons. The number of likely N-dealkylation sites (N-methyl/N-ethyl adjacent to an activating group) is 1. The Kier molecular flexibility index (Phi) is 3.45. The van der Waals surface area contributed by atoms with E-state index in [0.29, 0.717) is 0 Å². The van der Waals surface area contributed by atoms with Gasteiger partial charge in [0.05, 0.1) is 4.92 Å². The molecule has 0 bridgehead atoms. The molecule has 1 saturated heterocycles. The highest BCUT2D eigenvalue weighted by Gasteiger charge is 2.19.